The van der Waals surface area contributed by atoms with Gasteiger partial charge >= 0.3 is 12.1 Å². The Morgan fingerprint density at radius 1 is 1.14 bits per heavy atom. The Balaban J connectivity index is 0.000000493. The molecule has 1 amide bonds. The Morgan fingerprint density at radius 3 is 2.50 bits per heavy atom. The Labute approximate surface area is 252 Å². The molecule has 6 rings (SSSR count). The third-order valence-electron chi connectivity index (χ3n) is 7.96. The minimum absolute atomic E-state index is 0.168. The van der Waals surface area contributed by atoms with Crippen molar-refractivity contribution in [3.63, 3.8) is 0 Å². The van der Waals surface area contributed by atoms with Gasteiger partial charge in [0.1, 0.15) is 0 Å². The number of aliphatic carboxylic acids is 1. The number of para-hydroxylation sites is 1. The summed E-state index contributed by atoms with van der Waals surface area (Å²) in [5.74, 6) is -2.39. The first kappa shape index (κ1) is 31.0. The fourth-order valence-corrected chi connectivity index (χ4v) is 5.83. The highest BCUT2D eigenvalue weighted by atomic mass is 19.4. The third-order valence-corrected chi connectivity index (χ3v) is 7.96. The molecule has 2 atom stereocenters. The molecule has 4 aromatic rings. The number of carboxylic acids is 1. The quantitative estimate of drug-likeness (QED) is 0.261. The first-order chi connectivity index (χ1) is 21.0. The van der Waals surface area contributed by atoms with Gasteiger partial charge in [0.15, 0.2) is 0 Å². The third kappa shape index (κ3) is 6.11. The highest BCUT2D eigenvalue weighted by Gasteiger charge is 2.67. The number of amides is 1. The van der Waals surface area contributed by atoms with Gasteiger partial charge in [-0.15, -0.1) is 0 Å². The summed E-state index contributed by atoms with van der Waals surface area (Å²) < 4.78 is 37.0. The minimum Gasteiger partial charge on any atom is -0.475 e. The molecule has 1 aromatic heterocycles. The number of carboxylic acid groups (broad SMARTS) is 1. The van der Waals surface area contributed by atoms with Gasteiger partial charge in [-0.05, 0) is 61.0 Å². The fourth-order valence-electron chi connectivity index (χ4n) is 5.83. The molecule has 0 radical (unpaired) electrons. The van der Waals surface area contributed by atoms with E-state index in [1.807, 2.05) is 17.0 Å². The van der Waals surface area contributed by atoms with Gasteiger partial charge in [0.2, 0.25) is 5.91 Å². The number of nitrogens with one attached hydrogen (secondary N) is 1. The summed E-state index contributed by atoms with van der Waals surface area (Å²) >= 11 is 0. The molecule has 2 unspecified atom stereocenters. The average molecular weight is 607 g/mol. The molecule has 2 heterocycles. The lowest BCUT2D eigenvalue weighted by Crippen LogP contribution is -2.35. The smallest absolute Gasteiger partial charge is 0.475 e. The number of carbonyl (C=O) groups excluding carboxylic acids is 1. The Morgan fingerprint density at radius 2 is 1.84 bits per heavy atom. The molecule has 11 heteroatoms. The van der Waals surface area contributed by atoms with Gasteiger partial charge in [-0.3, -0.25) is 9.89 Å². The molecule has 1 fully saturated rings. The van der Waals surface area contributed by atoms with Crippen LogP contribution in [0.25, 0.3) is 23.1 Å². The van der Waals surface area contributed by atoms with Crippen LogP contribution in [0.15, 0.2) is 66.7 Å². The zero-order chi connectivity index (χ0) is 31.6. The van der Waals surface area contributed by atoms with Crippen LogP contribution in [0.5, 0.6) is 0 Å². The van der Waals surface area contributed by atoms with E-state index in [9.17, 15) is 18.0 Å². The maximum atomic E-state index is 13.6. The first-order valence-electron chi connectivity index (χ1n) is 14.1. The summed E-state index contributed by atoms with van der Waals surface area (Å²) in [6.07, 6.45) is -0.0907. The number of ether oxygens (including phenoxy) is 1. The SMILES string of the molecule is COCCN1C(=O)C2(CC2c2ccc3c(/C=C/c4ccc(CN(C)C)cc4)n[nH]c3c2)c2ccccc21.O=C(O)C(F)(F)F. The van der Waals surface area contributed by atoms with E-state index in [1.54, 1.807) is 7.11 Å². The fraction of sp³-hybridized carbons (Fsp3) is 0.303. The van der Waals surface area contributed by atoms with E-state index in [0.717, 1.165) is 46.4 Å². The largest absolute Gasteiger partial charge is 0.490 e. The molecule has 230 valence electrons. The van der Waals surface area contributed by atoms with E-state index in [2.05, 4.69) is 95.9 Å². The Hall–Kier alpha value is -4.48. The predicted molar refractivity (Wildman–Crippen MR) is 162 cm³/mol. The lowest BCUT2D eigenvalue weighted by molar-refractivity contribution is -0.192. The zero-order valence-corrected chi connectivity index (χ0v) is 24.6. The molecule has 2 N–H and O–H groups in total. The van der Waals surface area contributed by atoms with Crippen LogP contribution >= 0.6 is 0 Å². The first-order valence-corrected chi connectivity index (χ1v) is 14.1. The number of H-pyrrole nitrogens is 1. The van der Waals surface area contributed by atoms with E-state index in [1.165, 1.54) is 11.1 Å². The summed E-state index contributed by atoms with van der Waals surface area (Å²) in [5.41, 5.74) is 7.24. The van der Waals surface area contributed by atoms with Crippen molar-refractivity contribution in [2.75, 3.05) is 39.3 Å². The minimum atomic E-state index is -5.08. The number of carbonyl (C=O) groups is 2. The van der Waals surface area contributed by atoms with Crippen molar-refractivity contribution in [1.82, 2.24) is 15.1 Å². The lowest BCUT2D eigenvalue weighted by Gasteiger charge is -2.17. The van der Waals surface area contributed by atoms with Gasteiger partial charge in [0, 0.05) is 37.2 Å². The highest BCUT2D eigenvalue weighted by molar-refractivity contribution is 6.11. The van der Waals surface area contributed by atoms with Crippen molar-refractivity contribution in [2.45, 2.75) is 30.5 Å². The van der Waals surface area contributed by atoms with E-state index < -0.39 is 17.6 Å². The summed E-state index contributed by atoms with van der Waals surface area (Å²) in [6, 6.07) is 23.3. The second kappa shape index (κ2) is 12.3. The van der Waals surface area contributed by atoms with Crippen molar-refractivity contribution in [3.05, 3.63) is 94.7 Å². The monoisotopic (exact) mass is 606 g/mol. The number of nitrogens with zero attached hydrogens (tertiary/aromatic N) is 3. The van der Waals surface area contributed by atoms with Crippen LogP contribution < -0.4 is 4.90 Å². The second-order valence-electron chi connectivity index (χ2n) is 11.2. The van der Waals surface area contributed by atoms with Crippen LogP contribution in [0.2, 0.25) is 0 Å². The van der Waals surface area contributed by atoms with Gasteiger partial charge < -0.3 is 19.6 Å². The maximum Gasteiger partial charge on any atom is 0.490 e. The highest BCUT2D eigenvalue weighted by Crippen LogP contribution is 2.66. The van der Waals surface area contributed by atoms with Crippen molar-refractivity contribution in [2.24, 2.45) is 0 Å². The van der Waals surface area contributed by atoms with Crippen molar-refractivity contribution >= 4 is 40.6 Å². The molecule has 1 aliphatic heterocycles. The molecule has 0 bridgehead atoms. The van der Waals surface area contributed by atoms with Crippen LogP contribution in [0.4, 0.5) is 18.9 Å². The number of anilines is 1. The summed E-state index contributed by atoms with van der Waals surface area (Å²) in [6.45, 7) is 2.03. The summed E-state index contributed by atoms with van der Waals surface area (Å²) in [7, 11) is 5.83. The molecule has 44 heavy (non-hydrogen) atoms. The molecule has 3 aromatic carbocycles. The van der Waals surface area contributed by atoms with Gasteiger partial charge in [-0.1, -0.05) is 60.7 Å². The van der Waals surface area contributed by atoms with Crippen LogP contribution in [0, 0.1) is 0 Å². The average Bonchev–Trinajstić information content (AvgIpc) is 3.55. The number of aromatic nitrogens is 2. The molecule has 8 nitrogen and oxygen atoms in total. The van der Waals surface area contributed by atoms with Crippen LogP contribution in [-0.2, 0) is 26.3 Å². The number of benzene rings is 3. The molecule has 1 saturated carbocycles. The van der Waals surface area contributed by atoms with Crippen molar-refractivity contribution in [1.29, 1.82) is 0 Å². The molecule has 2 aliphatic rings. The van der Waals surface area contributed by atoms with Gasteiger partial charge in [0.05, 0.1) is 23.2 Å². The second-order valence-corrected chi connectivity index (χ2v) is 11.2. The number of hydrogen-bond acceptors (Lipinski definition) is 5. The van der Waals surface area contributed by atoms with Gasteiger partial charge in [0.25, 0.3) is 0 Å². The van der Waals surface area contributed by atoms with Crippen LogP contribution in [0.1, 0.15) is 40.3 Å². The van der Waals surface area contributed by atoms with E-state index in [0.29, 0.717) is 13.2 Å². The normalized spacial score (nSPS) is 19.1. The number of methoxy groups -OCH3 is 1. The van der Waals surface area contributed by atoms with Crippen LogP contribution in [0.3, 0.4) is 0 Å². The molecular weight excluding hydrogens is 573 g/mol. The molecular formula is C33H33F3N4O4. The molecule has 0 saturated heterocycles. The topological polar surface area (TPSA) is 98.8 Å². The standard InChI is InChI=1S/C31H32N4O2.C2HF3O2/c1-34(2)20-22-10-8-21(9-11-22)12-15-27-24-14-13-23(18-28(24)33-32-27)26-19-31(26)25-6-4-5-7-29(25)35(30(31)36)16-17-37-3;3-2(4,5)1(6)7/h4-15,18,26H,16-17,19-20H2,1-3H3,(H,32,33);(H,6,7)/b15-12+;. The van der Waals surface area contributed by atoms with E-state index in [-0.39, 0.29) is 11.8 Å². The molecule has 1 aliphatic carbocycles. The van der Waals surface area contributed by atoms with Gasteiger partial charge in [-0.2, -0.15) is 18.3 Å². The Kier molecular flexibility index (Phi) is 8.62. The number of alkyl halides is 3. The Bertz CT molecular complexity index is 1700. The number of rotatable bonds is 8. The predicted octanol–water partition coefficient (Wildman–Crippen LogP) is 5.85. The number of fused-ring (bicyclic) bond motifs is 3. The lowest BCUT2D eigenvalue weighted by atomic mass is 9.92. The van der Waals surface area contributed by atoms with E-state index >= 15 is 0 Å². The van der Waals surface area contributed by atoms with Crippen molar-refractivity contribution < 1.29 is 32.6 Å². The summed E-state index contributed by atoms with van der Waals surface area (Å²) in [4.78, 5) is 26.6. The van der Waals surface area contributed by atoms with E-state index in [4.69, 9.17) is 14.6 Å². The van der Waals surface area contributed by atoms with Gasteiger partial charge in [-0.25, -0.2) is 4.79 Å². The van der Waals surface area contributed by atoms with Crippen molar-refractivity contribution in [3.8, 4) is 0 Å². The zero-order valence-electron chi connectivity index (χ0n) is 24.6. The number of halogens is 3. The number of hydrogen-bond donors (Lipinski definition) is 2. The number of aromatic amines is 1. The van der Waals surface area contributed by atoms with Crippen LogP contribution in [-0.4, -0.2) is 72.6 Å². The maximum absolute atomic E-state index is 13.6. The molecule has 1 spiro atoms. The summed E-state index contributed by atoms with van der Waals surface area (Å²) in [5, 5.41) is 16.0.